The molecule has 1 fully saturated rings. The molecule has 3 heterocycles. The molecule has 0 radical (unpaired) electrons. The van der Waals surface area contributed by atoms with Gasteiger partial charge in [-0.05, 0) is 49.9 Å². The number of alkyl halides is 1. The second kappa shape index (κ2) is 11.3. The largest absolute Gasteiger partial charge is 0.493 e. The van der Waals surface area contributed by atoms with Crippen LogP contribution in [0.5, 0.6) is 5.75 Å². The van der Waals surface area contributed by atoms with Crippen LogP contribution in [0.4, 0.5) is 0 Å². The van der Waals surface area contributed by atoms with E-state index in [1.807, 2.05) is 36.1 Å². The maximum absolute atomic E-state index is 13.4. The molecule has 0 spiro atoms. The summed E-state index contributed by atoms with van der Waals surface area (Å²) < 4.78 is 33.8. The molecule has 2 aromatic carbocycles. The molecule has 0 saturated carbocycles. The number of ether oxygens (including phenoxy) is 1. The van der Waals surface area contributed by atoms with E-state index in [1.165, 1.54) is 4.31 Å². The number of carbonyl (C=O) groups is 1. The zero-order chi connectivity index (χ0) is 27.7. The van der Waals surface area contributed by atoms with Crippen molar-refractivity contribution in [2.24, 2.45) is 5.92 Å². The molecule has 1 saturated heterocycles. The number of nitrogens with one attached hydrogen (secondary N) is 1. The van der Waals surface area contributed by atoms with Crippen LogP contribution >= 0.6 is 11.6 Å². The van der Waals surface area contributed by atoms with E-state index >= 15 is 0 Å². The van der Waals surface area contributed by atoms with Crippen molar-refractivity contribution in [1.29, 1.82) is 0 Å². The van der Waals surface area contributed by atoms with Gasteiger partial charge in [-0.2, -0.15) is 4.31 Å². The Morgan fingerprint density at radius 2 is 2.13 bits per heavy atom. The number of fused-ring (bicyclic) bond motifs is 2. The Hall–Kier alpha value is -2.85. The second-order valence-corrected chi connectivity index (χ2v) is 12.4. The summed E-state index contributed by atoms with van der Waals surface area (Å²) in [6.45, 7) is 7.68. The number of halogens is 1. The fourth-order valence-corrected chi connectivity index (χ4v) is 7.41. The van der Waals surface area contributed by atoms with Crippen molar-refractivity contribution < 1.29 is 23.1 Å². The molecule has 8 nitrogen and oxygen atoms in total. The average Bonchev–Trinajstić information content (AvgIpc) is 3.53. The minimum Gasteiger partial charge on any atom is -0.493 e. The highest BCUT2D eigenvalue weighted by atomic mass is 35.5. The normalized spacial score (nSPS) is 21.9. The summed E-state index contributed by atoms with van der Waals surface area (Å²) in [5, 5.41) is 13.9. The van der Waals surface area contributed by atoms with E-state index < -0.39 is 22.2 Å². The molecule has 5 rings (SSSR count). The van der Waals surface area contributed by atoms with E-state index in [1.54, 1.807) is 18.2 Å². The molecule has 2 unspecified atom stereocenters. The van der Waals surface area contributed by atoms with E-state index in [2.05, 4.69) is 11.9 Å². The maximum Gasteiger partial charge on any atom is 0.243 e. The van der Waals surface area contributed by atoms with Gasteiger partial charge < -0.3 is 20.1 Å². The van der Waals surface area contributed by atoms with Gasteiger partial charge in [0.15, 0.2) is 6.23 Å². The van der Waals surface area contributed by atoms with Gasteiger partial charge in [0.05, 0.1) is 17.4 Å². The van der Waals surface area contributed by atoms with Crippen LogP contribution in [0.15, 0.2) is 53.9 Å². The number of amides is 1. The van der Waals surface area contributed by atoms with Crippen LogP contribution in [0, 0.1) is 5.92 Å². The Kier molecular flexibility index (Phi) is 8.05. The zero-order valence-corrected chi connectivity index (χ0v) is 23.6. The van der Waals surface area contributed by atoms with Crippen molar-refractivity contribution in [1.82, 2.24) is 14.5 Å². The first-order valence-corrected chi connectivity index (χ1v) is 15.3. The molecular weight excluding hydrogens is 538 g/mol. The third kappa shape index (κ3) is 5.20. The van der Waals surface area contributed by atoms with Crippen molar-refractivity contribution in [3.05, 3.63) is 71.3 Å². The second-order valence-electron chi connectivity index (χ2n) is 10.1. The number of sulfonamides is 1. The predicted octanol–water partition coefficient (Wildman–Crippen LogP) is 4.11. The molecule has 3 aliphatic heterocycles. The summed E-state index contributed by atoms with van der Waals surface area (Å²) in [6, 6.07) is 10.5. The van der Waals surface area contributed by atoms with Crippen LogP contribution < -0.4 is 10.1 Å². The number of benzene rings is 2. The molecule has 2 aromatic rings. The fourth-order valence-electron chi connectivity index (χ4n) is 5.71. The van der Waals surface area contributed by atoms with Gasteiger partial charge in [0.1, 0.15) is 5.75 Å². The topological polar surface area (TPSA) is 99.2 Å². The summed E-state index contributed by atoms with van der Waals surface area (Å²) in [7, 11) is -3.74. The maximum atomic E-state index is 13.4. The summed E-state index contributed by atoms with van der Waals surface area (Å²) in [5.74, 6) is 0.444. The molecule has 39 heavy (non-hydrogen) atoms. The summed E-state index contributed by atoms with van der Waals surface area (Å²) in [6.07, 6.45) is 3.71. The van der Waals surface area contributed by atoms with Gasteiger partial charge in [-0.1, -0.05) is 30.9 Å². The molecule has 0 bridgehead atoms. The van der Waals surface area contributed by atoms with Crippen molar-refractivity contribution in [3.63, 3.8) is 0 Å². The molecule has 2 N–H and O–H groups in total. The number of nitrogens with zero attached hydrogens (tertiary/aromatic N) is 2. The molecule has 1 amide bonds. The van der Waals surface area contributed by atoms with Gasteiger partial charge >= 0.3 is 0 Å². The third-order valence-electron chi connectivity index (χ3n) is 7.69. The first-order chi connectivity index (χ1) is 18.8. The first-order valence-electron chi connectivity index (χ1n) is 13.3. The summed E-state index contributed by atoms with van der Waals surface area (Å²) in [5.41, 5.74) is 4.48. The van der Waals surface area contributed by atoms with Crippen molar-refractivity contribution in [2.45, 2.75) is 43.7 Å². The minimum absolute atomic E-state index is 0.104. The van der Waals surface area contributed by atoms with Crippen LogP contribution in [0.25, 0.3) is 11.4 Å². The zero-order valence-electron chi connectivity index (χ0n) is 22.0. The first kappa shape index (κ1) is 27.7. The van der Waals surface area contributed by atoms with E-state index in [-0.39, 0.29) is 17.3 Å². The molecule has 208 valence electrons. The number of hydrogen-bond acceptors (Lipinski definition) is 6. The van der Waals surface area contributed by atoms with Crippen molar-refractivity contribution >= 4 is 38.9 Å². The number of aliphatic hydroxyl groups is 1. The number of aliphatic hydroxyl groups excluding tert-OH is 1. The quantitative estimate of drug-likeness (QED) is 0.463. The van der Waals surface area contributed by atoms with Crippen LogP contribution in [0.3, 0.4) is 0 Å². The lowest BCUT2D eigenvalue weighted by Crippen LogP contribution is -2.45. The van der Waals surface area contributed by atoms with Crippen LogP contribution in [-0.4, -0.2) is 60.8 Å². The standard InChI is InChI=1S/C29H34ClN3O5S/c1-3-25-27-23(8-4-9-24(27)29(35)33(25)15-6-13-30)19(2)31-28(34)21-7-5-14-32(18-21)39(36,37)22-10-11-26-20(17-22)12-16-38-26/h3-4,8-11,17,21,29,35H,2,5-7,12-16,18H2,1H3,(H,31,34)/b25-3+. The Balaban J connectivity index is 1.31. The Bertz CT molecular complexity index is 1420. The molecule has 10 heteroatoms. The summed E-state index contributed by atoms with van der Waals surface area (Å²) in [4.78, 5) is 15.5. The summed E-state index contributed by atoms with van der Waals surface area (Å²) >= 11 is 5.90. The van der Waals surface area contributed by atoms with E-state index in [4.69, 9.17) is 16.3 Å². The van der Waals surface area contributed by atoms with E-state index in [0.717, 1.165) is 40.1 Å². The number of allylic oxidation sites excluding steroid dienone is 1. The van der Waals surface area contributed by atoms with Crippen LogP contribution in [0.1, 0.15) is 54.7 Å². The highest BCUT2D eigenvalue weighted by Crippen LogP contribution is 2.43. The Morgan fingerprint density at radius 1 is 1.31 bits per heavy atom. The lowest BCUT2D eigenvalue weighted by molar-refractivity contribution is -0.124. The molecule has 3 aliphatic rings. The SMILES string of the molecule is C=C(NC(=O)C1CCCN(S(=O)(=O)c2ccc3c(c2)CCO3)C1)c1cccc2c1/C(=C\C)N(CCCCl)C2O. The Morgan fingerprint density at radius 3 is 2.90 bits per heavy atom. The molecule has 0 aliphatic carbocycles. The monoisotopic (exact) mass is 571 g/mol. The number of hydrogen-bond donors (Lipinski definition) is 2. The van der Waals surface area contributed by atoms with Crippen LogP contribution in [-0.2, 0) is 21.2 Å². The van der Waals surface area contributed by atoms with E-state index in [0.29, 0.717) is 50.5 Å². The average molecular weight is 572 g/mol. The van der Waals surface area contributed by atoms with Crippen molar-refractivity contribution in [3.8, 4) is 5.75 Å². The number of carbonyl (C=O) groups excluding carboxylic acids is 1. The van der Waals surface area contributed by atoms with Gasteiger partial charge in [0.25, 0.3) is 0 Å². The van der Waals surface area contributed by atoms with Crippen LogP contribution in [0.2, 0.25) is 0 Å². The highest BCUT2D eigenvalue weighted by Gasteiger charge is 2.36. The highest BCUT2D eigenvalue weighted by molar-refractivity contribution is 7.89. The smallest absolute Gasteiger partial charge is 0.243 e. The lowest BCUT2D eigenvalue weighted by Gasteiger charge is -2.31. The number of rotatable bonds is 8. The van der Waals surface area contributed by atoms with Gasteiger partial charge in [0, 0.05) is 60.0 Å². The minimum atomic E-state index is -3.74. The predicted molar refractivity (Wildman–Crippen MR) is 151 cm³/mol. The molecule has 2 atom stereocenters. The van der Waals surface area contributed by atoms with E-state index in [9.17, 15) is 18.3 Å². The number of piperidine rings is 1. The van der Waals surface area contributed by atoms with Gasteiger partial charge in [0.2, 0.25) is 15.9 Å². The van der Waals surface area contributed by atoms with Gasteiger partial charge in [-0.25, -0.2) is 8.42 Å². The Labute approximate surface area is 234 Å². The molecular formula is C29H34ClN3O5S. The van der Waals surface area contributed by atoms with Crippen molar-refractivity contribution in [2.75, 3.05) is 32.1 Å². The van der Waals surface area contributed by atoms with Gasteiger partial charge in [-0.15, -0.1) is 11.6 Å². The third-order valence-corrected chi connectivity index (χ3v) is 9.82. The molecule has 0 aromatic heterocycles. The fraction of sp³-hybridized carbons (Fsp3) is 0.414. The lowest BCUT2D eigenvalue weighted by atomic mass is 9.96. The van der Waals surface area contributed by atoms with Gasteiger partial charge in [-0.3, -0.25) is 4.79 Å².